The predicted molar refractivity (Wildman–Crippen MR) is 166 cm³/mol. The summed E-state index contributed by atoms with van der Waals surface area (Å²) in [4.78, 5) is 13.6. The minimum absolute atomic E-state index is 0.335. The van der Waals surface area contributed by atoms with Crippen LogP contribution >= 0.6 is 12.2 Å². The van der Waals surface area contributed by atoms with Crippen LogP contribution in [0.4, 0.5) is 17.6 Å². The Morgan fingerprint density at radius 1 is 0.974 bits per heavy atom. The van der Waals surface area contributed by atoms with E-state index < -0.39 is 0 Å². The first-order valence-electron chi connectivity index (χ1n) is 14.7. The first-order valence-corrected chi connectivity index (χ1v) is 15.1. The highest BCUT2D eigenvalue weighted by Gasteiger charge is 2.21. The summed E-state index contributed by atoms with van der Waals surface area (Å²) < 4.78 is 0. The molecule has 1 saturated heterocycles. The minimum Gasteiger partial charge on any atom is -0.383 e. The number of anilines is 3. The molecule has 2 fully saturated rings. The lowest BCUT2D eigenvalue weighted by Gasteiger charge is -2.37. The van der Waals surface area contributed by atoms with Crippen LogP contribution < -0.4 is 31.9 Å². The molecule has 9 nitrogen and oxygen atoms in total. The summed E-state index contributed by atoms with van der Waals surface area (Å²) in [5.41, 5.74) is 8.61. The van der Waals surface area contributed by atoms with E-state index in [1.54, 1.807) is 0 Å². The van der Waals surface area contributed by atoms with Crippen LogP contribution in [0.5, 0.6) is 0 Å². The van der Waals surface area contributed by atoms with Gasteiger partial charge in [0.25, 0.3) is 0 Å². The average molecular weight is 554 g/mol. The fraction of sp³-hybridized carbons (Fsp3) is 0.621. The van der Waals surface area contributed by atoms with Crippen LogP contribution in [0, 0.1) is 0 Å². The van der Waals surface area contributed by atoms with E-state index >= 15 is 0 Å². The Balaban J connectivity index is 1.17. The molecule has 1 aliphatic heterocycles. The molecule has 0 bridgehead atoms. The molecule has 2 heterocycles. The second-order valence-corrected chi connectivity index (χ2v) is 11.4. The monoisotopic (exact) mass is 553 g/mol. The van der Waals surface area contributed by atoms with Gasteiger partial charge in [0.15, 0.2) is 5.11 Å². The van der Waals surface area contributed by atoms with Gasteiger partial charge in [-0.3, -0.25) is 0 Å². The first kappa shape index (κ1) is 29.3. The molecule has 39 heavy (non-hydrogen) atoms. The van der Waals surface area contributed by atoms with Crippen LogP contribution in [0.3, 0.4) is 0 Å². The van der Waals surface area contributed by atoms with E-state index in [2.05, 4.69) is 74.2 Å². The van der Waals surface area contributed by atoms with Gasteiger partial charge < -0.3 is 36.8 Å². The topological polar surface area (TPSA) is 106 Å². The third-order valence-electron chi connectivity index (χ3n) is 7.41. The lowest BCUT2D eigenvalue weighted by atomic mass is 9.95. The molecule has 10 heteroatoms. The van der Waals surface area contributed by atoms with Gasteiger partial charge in [-0.2, -0.15) is 9.97 Å². The van der Waals surface area contributed by atoms with Gasteiger partial charge in [-0.25, -0.2) is 0 Å². The van der Waals surface area contributed by atoms with E-state index in [0.717, 1.165) is 62.8 Å². The summed E-state index contributed by atoms with van der Waals surface area (Å²) in [6, 6.07) is 11.6. The molecule has 4 rings (SSSR count). The van der Waals surface area contributed by atoms with Crippen LogP contribution in [-0.2, 0) is 13.1 Å². The summed E-state index contributed by atoms with van der Waals surface area (Å²) in [7, 11) is 0. The van der Waals surface area contributed by atoms with Gasteiger partial charge in [-0.05, 0) is 69.5 Å². The van der Waals surface area contributed by atoms with Crippen molar-refractivity contribution in [1.29, 1.82) is 0 Å². The normalized spacial score (nSPS) is 16.5. The molecule has 6 N–H and O–H groups in total. The van der Waals surface area contributed by atoms with Crippen molar-refractivity contribution in [3.8, 4) is 0 Å². The molecule has 1 aliphatic carbocycles. The number of nitrogen functional groups attached to an aromatic ring is 1. The molecule has 2 aromatic rings. The third kappa shape index (κ3) is 9.77. The Bertz CT molecular complexity index is 1020. The number of hydrogen-bond acceptors (Lipinski definition) is 8. The quantitative estimate of drug-likeness (QED) is 0.198. The molecule has 0 spiro atoms. The van der Waals surface area contributed by atoms with E-state index in [9.17, 15) is 0 Å². The van der Waals surface area contributed by atoms with E-state index in [-0.39, 0.29) is 0 Å². The lowest BCUT2D eigenvalue weighted by Crippen LogP contribution is -2.53. The molecule has 1 saturated carbocycles. The van der Waals surface area contributed by atoms with Crippen molar-refractivity contribution in [2.45, 2.75) is 77.5 Å². The first-order chi connectivity index (χ1) is 19.0. The highest BCUT2D eigenvalue weighted by Crippen LogP contribution is 2.19. The number of benzene rings is 1. The molecule has 1 aromatic carbocycles. The van der Waals surface area contributed by atoms with Gasteiger partial charge in [0.1, 0.15) is 11.6 Å². The smallest absolute Gasteiger partial charge is 0.226 e. The maximum absolute atomic E-state index is 6.13. The van der Waals surface area contributed by atoms with E-state index in [1.807, 2.05) is 6.07 Å². The van der Waals surface area contributed by atoms with E-state index in [4.69, 9.17) is 22.9 Å². The average Bonchev–Trinajstić information content (AvgIpc) is 2.94. The second kappa shape index (κ2) is 15.2. The summed E-state index contributed by atoms with van der Waals surface area (Å²) in [6.45, 7) is 11.3. The molecule has 2 aliphatic rings. The van der Waals surface area contributed by atoms with Crippen LogP contribution in [0.25, 0.3) is 0 Å². The molecule has 0 atom stereocenters. The Labute approximate surface area is 239 Å². The standard InChI is InChI=1S/C29H47N9S/c1-22(2)34-29(39)38-17-15-37(16-18-38)27-19-26(30)35-28(36-27)33-21-24-11-9-23(10-12-24)20-31-13-6-14-32-25-7-4-3-5-8-25/h9-12,19,22,25,31-32H,3-8,13-18,20-21H2,1-2H3,(H,34,39)(H3,30,33,35,36). The van der Waals surface area contributed by atoms with Gasteiger partial charge in [0.2, 0.25) is 5.95 Å². The van der Waals surface area contributed by atoms with Crippen molar-refractivity contribution >= 4 is 34.9 Å². The van der Waals surface area contributed by atoms with Gasteiger partial charge in [-0.1, -0.05) is 43.5 Å². The maximum Gasteiger partial charge on any atom is 0.226 e. The molecule has 1 aromatic heterocycles. The zero-order valence-electron chi connectivity index (χ0n) is 23.7. The minimum atomic E-state index is 0.335. The molecule has 214 valence electrons. The number of aromatic nitrogens is 2. The number of nitrogens with zero attached hydrogens (tertiary/aromatic N) is 4. The summed E-state index contributed by atoms with van der Waals surface area (Å²) in [5, 5.41) is 14.8. The van der Waals surface area contributed by atoms with Gasteiger partial charge in [0, 0.05) is 57.4 Å². The predicted octanol–water partition coefficient (Wildman–Crippen LogP) is 3.48. The third-order valence-corrected chi connectivity index (χ3v) is 7.78. The number of rotatable bonds is 12. The van der Waals surface area contributed by atoms with Gasteiger partial charge in [0.05, 0.1) is 0 Å². The van der Waals surface area contributed by atoms with Crippen molar-refractivity contribution < 1.29 is 0 Å². The zero-order chi connectivity index (χ0) is 27.5. The number of piperazine rings is 1. The number of nitrogens with two attached hydrogens (primary N) is 1. The highest BCUT2D eigenvalue weighted by atomic mass is 32.1. The fourth-order valence-corrected chi connectivity index (χ4v) is 5.60. The van der Waals surface area contributed by atoms with Crippen molar-refractivity contribution in [3.05, 3.63) is 41.5 Å². The summed E-state index contributed by atoms with van der Waals surface area (Å²) in [5.74, 6) is 1.87. The van der Waals surface area contributed by atoms with Crippen molar-refractivity contribution in [3.63, 3.8) is 0 Å². The summed E-state index contributed by atoms with van der Waals surface area (Å²) >= 11 is 5.53. The van der Waals surface area contributed by atoms with E-state index in [0.29, 0.717) is 24.4 Å². The number of hydrogen-bond donors (Lipinski definition) is 5. The SMILES string of the molecule is CC(C)NC(=S)N1CCN(c2cc(N)nc(NCc3ccc(CNCCCNC4CCCCC4)cc3)n2)CC1. The number of nitrogens with one attached hydrogen (secondary N) is 4. The summed E-state index contributed by atoms with van der Waals surface area (Å²) in [6.07, 6.45) is 8.06. The fourth-order valence-electron chi connectivity index (χ4n) is 5.19. The highest BCUT2D eigenvalue weighted by molar-refractivity contribution is 7.80. The zero-order valence-corrected chi connectivity index (χ0v) is 24.5. The largest absolute Gasteiger partial charge is 0.383 e. The molecule has 0 unspecified atom stereocenters. The molecule has 0 radical (unpaired) electrons. The Morgan fingerprint density at radius 3 is 2.36 bits per heavy atom. The molecule has 0 amide bonds. The number of thiocarbonyl (C=S) groups is 1. The maximum atomic E-state index is 6.13. The Hall–Kier alpha value is -2.69. The molecular formula is C29H47N9S. The second-order valence-electron chi connectivity index (χ2n) is 11.0. The van der Waals surface area contributed by atoms with Crippen LogP contribution in [0.15, 0.2) is 30.3 Å². The van der Waals surface area contributed by atoms with Gasteiger partial charge in [-0.15, -0.1) is 0 Å². The lowest BCUT2D eigenvalue weighted by molar-refractivity contribution is 0.371. The van der Waals surface area contributed by atoms with Crippen LogP contribution in [0.2, 0.25) is 0 Å². The Kier molecular flexibility index (Phi) is 11.4. The van der Waals surface area contributed by atoms with Crippen LogP contribution in [-0.4, -0.2) is 71.3 Å². The molecular weight excluding hydrogens is 506 g/mol. The Morgan fingerprint density at radius 2 is 1.67 bits per heavy atom. The van der Waals surface area contributed by atoms with Crippen molar-refractivity contribution in [2.75, 3.05) is 55.2 Å². The van der Waals surface area contributed by atoms with Crippen LogP contribution in [0.1, 0.15) is 63.5 Å². The van der Waals surface area contributed by atoms with Crippen molar-refractivity contribution in [1.82, 2.24) is 30.8 Å². The van der Waals surface area contributed by atoms with Crippen molar-refractivity contribution in [2.24, 2.45) is 0 Å². The van der Waals surface area contributed by atoms with Gasteiger partial charge >= 0.3 is 0 Å². The van der Waals surface area contributed by atoms with E-state index in [1.165, 1.54) is 49.7 Å².